The number of likely N-dealkylation sites (tertiary alicyclic amines) is 1. The standard InChI is InChI=1S/C22H32N10/c1-5-16-11-15(12-17(6-2)32(16)9-7-8-23)25-22-27-20-19(31(4)13-24-20)21(28-22)26-18-10-14(3)29-30-18/h10,13,15-17H,5-7,9,11-12H2,1-4H3,(H3,25,26,27,28,29,30). The topological polar surface area (TPSA) is 123 Å². The van der Waals surface area contributed by atoms with Crippen LogP contribution in [0.15, 0.2) is 12.4 Å². The lowest BCUT2D eigenvalue weighted by Gasteiger charge is -2.45. The molecule has 2 unspecified atom stereocenters. The summed E-state index contributed by atoms with van der Waals surface area (Å²) < 4.78 is 1.91. The average Bonchev–Trinajstić information content (AvgIpc) is 3.37. The SMILES string of the molecule is CCC1CC(Nc2nc(Nc3cc(C)[nH]n3)c3c(ncn3C)n2)CC(CC)N1CCC#N. The van der Waals surface area contributed by atoms with Crippen LogP contribution in [0.2, 0.25) is 0 Å². The first-order valence-electron chi connectivity index (χ1n) is 11.4. The first kappa shape index (κ1) is 22.0. The van der Waals surface area contributed by atoms with Crippen LogP contribution in [0, 0.1) is 18.3 Å². The number of H-pyrrole nitrogens is 1. The van der Waals surface area contributed by atoms with Crippen molar-refractivity contribution >= 4 is 28.7 Å². The highest BCUT2D eigenvalue weighted by atomic mass is 15.3. The minimum atomic E-state index is 0.268. The molecule has 1 aliphatic rings. The van der Waals surface area contributed by atoms with Gasteiger partial charge in [-0.25, -0.2) is 4.98 Å². The average molecular weight is 437 g/mol. The summed E-state index contributed by atoms with van der Waals surface area (Å²) in [4.78, 5) is 16.5. The number of imidazole rings is 1. The van der Waals surface area contributed by atoms with E-state index in [-0.39, 0.29) is 6.04 Å². The maximum Gasteiger partial charge on any atom is 0.227 e. The van der Waals surface area contributed by atoms with Crippen molar-refractivity contribution < 1.29 is 0 Å². The third-order valence-electron chi connectivity index (χ3n) is 6.33. The molecule has 0 radical (unpaired) electrons. The van der Waals surface area contributed by atoms with Crippen molar-refractivity contribution in [1.82, 2.24) is 34.6 Å². The Morgan fingerprint density at radius 2 is 1.97 bits per heavy atom. The summed E-state index contributed by atoms with van der Waals surface area (Å²) >= 11 is 0. The minimum Gasteiger partial charge on any atom is -0.351 e. The zero-order chi connectivity index (χ0) is 22.7. The van der Waals surface area contributed by atoms with Crippen molar-refractivity contribution in [1.29, 1.82) is 5.26 Å². The molecule has 1 aliphatic heterocycles. The zero-order valence-corrected chi connectivity index (χ0v) is 19.3. The Hall–Kier alpha value is -3.19. The molecule has 0 bridgehead atoms. The molecule has 32 heavy (non-hydrogen) atoms. The summed E-state index contributed by atoms with van der Waals surface area (Å²) in [5.74, 6) is 1.96. The molecule has 4 heterocycles. The highest BCUT2D eigenvalue weighted by Crippen LogP contribution is 2.30. The number of fused-ring (bicyclic) bond motifs is 1. The van der Waals surface area contributed by atoms with Gasteiger partial charge in [0, 0.05) is 49.9 Å². The maximum absolute atomic E-state index is 9.06. The van der Waals surface area contributed by atoms with Crippen LogP contribution in [-0.4, -0.2) is 59.3 Å². The molecule has 4 rings (SSSR count). The van der Waals surface area contributed by atoms with Crippen molar-refractivity contribution in [2.75, 3.05) is 17.2 Å². The molecule has 1 fully saturated rings. The summed E-state index contributed by atoms with van der Waals surface area (Å²) in [6, 6.07) is 5.40. The molecule has 1 saturated heterocycles. The van der Waals surface area contributed by atoms with Crippen LogP contribution in [0.4, 0.5) is 17.6 Å². The van der Waals surface area contributed by atoms with Crippen LogP contribution < -0.4 is 10.6 Å². The molecular weight excluding hydrogens is 404 g/mol. The highest BCUT2D eigenvalue weighted by molar-refractivity contribution is 5.86. The Kier molecular flexibility index (Phi) is 6.55. The Morgan fingerprint density at radius 3 is 2.59 bits per heavy atom. The first-order valence-corrected chi connectivity index (χ1v) is 11.4. The first-order chi connectivity index (χ1) is 15.5. The van der Waals surface area contributed by atoms with Gasteiger partial charge in [-0.3, -0.25) is 10.00 Å². The van der Waals surface area contributed by atoms with Gasteiger partial charge in [0.05, 0.1) is 12.4 Å². The van der Waals surface area contributed by atoms with E-state index in [0.29, 0.717) is 41.7 Å². The Balaban J connectivity index is 1.58. The van der Waals surface area contributed by atoms with Crippen LogP contribution in [0.1, 0.15) is 51.6 Å². The van der Waals surface area contributed by atoms with E-state index in [1.165, 1.54) is 0 Å². The summed E-state index contributed by atoms with van der Waals surface area (Å²) in [6.07, 6.45) is 6.45. The van der Waals surface area contributed by atoms with E-state index in [1.54, 1.807) is 6.33 Å². The number of aromatic amines is 1. The molecule has 3 aromatic heterocycles. The van der Waals surface area contributed by atoms with Crippen LogP contribution >= 0.6 is 0 Å². The van der Waals surface area contributed by atoms with Gasteiger partial charge in [0.2, 0.25) is 5.95 Å². The number of aryl methyl sites for hydroxylation is 2. The number of hydrogen-bond donors (Lipinski definition) is 3. The largest absolute Gasteiger partial charge is 0.351 e. The van der Waals surface area contributed by atoms with Gasteiger partial charge in [0.1, 0.15) is 5.52 Å². The van der Waals surface area contributed by atoms with Crippen molar-refractivity contribution in [3.63, 3.8) is 0 Å². The Morgan fingerprint density at radius 1 is 1.22 bits per heavy atom. The van der Waals surface area contributed by atoms with Crippen molar-refractivity contribution in [2.24, 2.45) is 7.05 Å². The van der Waals surface area contributed by atoms with Crippen molar-refractivity contribution in [3.05, 3.63) is 18.1 Å². The quantitative estimate of drug-likeness (QED) is 0.490. The molecule has 0 amide bonds. The van der Waals surface area contributed by atoms with E-state index in [2.05, 4.69) is 55.6 Å². The monoisotopic (exact) mass is 436 g/mol. The number of aromatic nitrogens is 6. The second kappa shape index (κ2) is 9.53. The molecule has 0 spiro atoms. The summed E-state index contributed by atoms with van der Waals surface area (Å²) in [6.45, 7) is 7.25. The molecular formula is C22H32N10. The number of nitrogens with zero attached hydrogens (tertiary/aromatic N) is 7. The number of nitriles is 1. The zero-order valence-electron chi connectivity index (χ0n) is 19.3. The van der Waals surface area contributed by atoms with E-state index in [0.717, 1.165) is 43.4 Å². The van der Waals surface area contributed by atoms with E-state index in [9.17, 15) is 0 Å². The van der Waals surface area contributed by atoms with Gasteiger partial charge >= 0.3 is 0 Å². The van der Waals surface area contributed by atoms with Crippen molar-refractivity contribution in [2.45, 2.75) is 71.0 Å². The van der Waals surface area contributed by atoms with Crippen LogP contribution in [0.25, 0.3) is 11.2 Å². The van der Waals surface area contributed by atoms with Crippen LogP contribution in [0.3, 0.4) is 0 Å². The van der Waals surface area contributed by atoms with Gasteiger partial charge < -0.3 is 15.2 Å². The number of rotatable bonds is 8. The lowest BCUT2D eigenvalue weighted by molar-refractivity contribution is 0.0734. The molecule has 2 atom stereocenters. The molecule has 0 saturated carbocycles. The molecule has 0 aromatic carbocycles. The third kappa shape index (κ3) is 4.53. The summed E-state index contributed by atoms with van der Waals surface area (Å²) in [7, 11) is 1.93. The number of nitrogens with one attached hydrogen (secondary N) is 3. The van der Waals surface area contributed by atoms with Gasteiger partial charge in [-0.15, -0.1) is 0 Å². The summed E-state index contributed by atoms with van der Waals surface area (Å²) in [5.41, 5.74) is 2.45. The van der Waals surface area contributed by atoms with Gasteiger partial charge in [0.25, 0.3) is 0 Å². The lowest BCUT2D eigenvalue weighted by Crippen LogP contribution is -2.52. The third-order valence-corrected chi connectivity index (χ3v) is 6.33. The number of hydrogen-bond acceptors (Lipinski definition) is 8. The molecule has 3 N–H and O–H groups in total. The van der Waals surface area contributed by atoms with Gasteiger partial charge in [0.15, 0.2) is 17.3 Å². The van der Waals surface area contributed by atoms with E-state index >= 15 is 0 Å². The van der Waals surface area contributed by atoms with Gasteiger partial charge in [-0.1, -0.05) is 13.8 Å². The lowest BCUT2D eigenvalue weighted by atomic mass is 9.88. The second-order valence-corrected chi connectivity index (χ2v) is 8.57. The molecule has 170 valence electrons. The number of piperidine rings is 1. The molecule has 0 aliphatic carbocycles. The fourth-order valence-electron chi connectivity index (χ4n) is 4.78. The Bertz CT molecular complexity index is 1080. The number of anilines is 3. The van der Waals surface area contributed by atoms with Gasteiger partial charge in [-0.05, 0) is 32.6 Å². The van der Waals surface area contributed by atoms with E-state index in [1.807, 2.05) is 24.6 Å². The fourth-order valence-corrected chi connectivity index (χ4v) is 4.78. The Labute approximate surface area is 188 Å². The predicted molar refractivity (Wildman–Crippen MR) is 125 cm³/mol. The van der Waals surface area contributed by atoms with E-state index < -0.39 is 0 Å². The maximum atomic E-state index is 9.06. The predicted octanol–water partition coefficient (Wildman–Crippen LogP) is 3.49. The van der Waals surface area contributed by atoms with E-state index in [4.69, 9.17) is 10.2 Å². The summed E-state index contributed by atoms with van der Waals surface area (Å²) in [5, 5.41) is 23.2. The smallest absolute Gasteiger partial charge is 0.227 e. The van der Waals surface area contributed by atoms with Crippen LogP contribution in [-0.2, 0) is 7.05 Å². The second-order valence-electron chi connectivity index (χ2n) is 8.57. The normalized spacial score (nSPS) is 21.5. The molecule has 3 aromatic rings. The van der Waals surface area contributed by atoms with Gasteiger partial charge in [-0.2, -0.15) is 20.3 Å². The van der Waals surface area contributed by atoms with Crippen molar-refractivity contribution in [3.8, 4) is 6.07 Å². The van der Waals surface area contributed by atoms with Crippen LogP contribution in [0.5, 0.6) is 0 Å². The molecule has 10 nitrogen and oxygen atoms in total. The minimum absolute atomic E-state index is 0.268. The fraction of sp³-hybridized carbons (Fsp3) is 0.591. The highest BCUT2D eigenvalue weighted by Gasteiger charge is 2.34. The molecule has 10 heteroatoms.